The van der Waals surface area contributed by atoms with Crippen molar-refractivity contribution in [3.8, 4) is 0 Å². The Morgan fingerprint density at radius 1 is 1.33 bits per heavy atom. The van der Waals surface area contributed by atoms with Crippen molar-refractivity contribution in [2.24, 2.45) is 5.73 Å². The van der Waals surface area contributed by atoms with Crippen LogP contribution in [0.25, 0.3) is 0 Å². The third kappa shape index (κ3) is 13.1. The van der Waals surface area contributed by atoms with Gasteiger partial charge >= 0.3 is 63.3 Å². The van der Waals surface area contributed by atoms with Gasteiger partial charge in [0.05, 0.1) is 6.42 Å². The Kier molecular flexibility index (Phi) is 21.8. The molecule has 1 unspecified atom stereocenters. The fourth-order valence-corrected chi connectivity index (χ4v) is 0.275. The van der Waals surface area contributed by atoms with E-state index in [4.69, 9.17) is 15.9 Å². The number of nitrogens with two attached hydrogens (primary N) is 1. The van der Waals surface area contributed by atoms with Crippen molar-refractivity contribution in [3.63, 3.8) is 0 Å². The molecule has 0 aliphatic heterocycles. The summed E-state index contributed by atoms with van der Waals surface area (Å²) in [5.74, 6) is -2.50. The van der Waals surface area contributed by atoms with Crippen molar-refractivity contribution in [3.05, 3.63) is 0 Å². The molecule has 7 nitrogen and oxygen atoms in total. The molecule has 8 N–H and O–H groups in total. The third-order valence-corrected chi connectivity index (χ3v) is 0.712. The summed E-state index contributed by atoms with van der Waals surface area (Å²) in [6.45, 7) is 0. The molecule has 0 amide bonds. The molecule has 0 saturated carbocycles. The average molecular weight is 209 g/mol. The van der Waals surface area contributed by atoms with Gasteiger partial charge in [-0.2, -0.15) is 0 Å². The summed E-state index contributed by atoms with van der Waals surface area (Å²) in [6, 6.07) is -1.29. The second-order valence-electron chi connectivity index (χ2n) is 1.54. The zero-order valence-corrected chi connectivity index (χ0v) is 9.70. The predicted octanol–water partition coefficient (Wildman–Crippen LogP) is -5.66. The number of rotatable bonds is 3. The first kappa shape index (κ1) is 22.9. The Hall–Kier alpha value is 0.456. The van der Waals surface area contributed by atoms with E-state index in [0.717, 1.165) is 0 Å². The molecule has 0 fully saturated rings. The van der Waals surface area contributed by atoms with E-state index in [1.165, 1.54) is 0 Å². The predicted molar refractivity (Wildman–Crippen MR) is 36.2 cm³/mol. The van der Waals surface area contributed by atoms with Gasteiger partial charge in [0.1, 0.15) is 6.04 Å². The van der Waals surface area contributed by atoms with Crippen LogP contribution in [0.15, 0.2) is 0 Å². The monoisotopic (exact) mass is 209 g/mol. The van der Waals surface area contributed by atoms with Gasteiger partial charge in [-0.1, -0.05) is 0 Å². The van der Waals surface area contributed by atoms with Crippen molar-refractivity contribution < 1.29 is 83.6 Å². The quantitative estimate of drug-likeness (QED) is 0.393. The first-order valence-corrected chi connectivity index (χ1v) is 2.24. The van der Waals surface area contributed by atoms with E-state index in [2.05, 4.69) is 0 Å². The Balaban J connectivity index is -0.0000000533. The van der Waals surface area contributed by atoms with Crippen molar-refractivity contribution in [1.29, 1.82) is 0 Å². The standard InChI is InChI=1S/C4H7NO4.K.2H2O.H/c5-2(4(8)9)1-3(6)7;;;;/h2H,1,5H2,(H,6,7)(H,8,9);;2*1H2;/q;+1;;;-1. The normalized spacial score (nSPS) is 9.42. The summed E-state index contributed by atoms with van der Waals surface area (Å²) in [4.78, 5) is 19.6. The number of carboxylic acid groups (broad SMARTS) is 2. The molecule has 0 rings (SSSR count). The van der Waals surface area contributed by atoms with Crippen LogP contribution >= 0.6 is 0 Å². The van der Waals surface area contributed by atoms with Crippen molar-refractivity contribution in [1.82, 2.24) is 0 Å². The van der Waals surface area contributed by atoms with E-state index in [1.807, 2.05) is 0 Å². The molecule has 0 spiro atoms. The van der Waals surface area contributed by atoms with Crippen LogP contribution in [-0.2, 0) is 9.59 Å². The van der Waals surface area contributed by atoms with Gasteiger partial charge in [0.2, 0.25) is 0 Å². The van der Waals surface area contributed by atoms with Crippen LogP contribution in [0.3, 0.4) is 0 Å². The summed E-state index contributed by atoms with van der Waals surface area (Å²) in [5.41, 5.74) is 4.84. The Labute approximate surface area is 112 Å². The summed E-state index contributed by atoms with van der Waals surface area (Å²) in [6.07, 6.45) is -0.532. The zero-order chi connectivity index (χ0) is 7.44. The number of carbonyl (C=O) groups is 2. The summed E-state index contributed by atoms with van der Waals surface area (Å²) >= 11 is 0. The van der Waals surface area contributed by atoms with Gasteiger partial charge in [-0.3, -0.25) is 9.59 Å². The van der Waals surface area contributed by atoms with Gasteiger partial charge in [-0.15, -0.1) is 0 Å². The molecule has 8 heteroatoms. The molecule has 1 atom stereocenters. The van der Waals surface area contributed by atoms with Crippen LogP contribution < -0.4 is 57.1 Å². The topological polar surface area (TPSA) is 164 Å². The second-order valence-corrected chi connectivity index (χ2v) is 1.54. The minimum absolute atomic E-state index is 0. The minimum atomic E-state index is -1.29. The van der Waals surface area contributed by atoms with E-state index in [0.29, 0.717) is 0 Å². The Morgan fingerprint density at radius 3 is 1.75 bits per heavy atom. The van der Waals surface area contributed by atoms with E-state index in [-0.39, 0.29) is 63.8 Å². The fourth-order valence-electron chi connectivity index (χ4n) is 0.275. The van der Waals surface area contributed by atoms with Crippen LogP contribution in [0.1, 0.15) is 7.85 Å². The summed E-state index contributed by atoms with van der Waals surface area (Å²) in [5, 5.41) is 16.0. The van der Waals surface area contributed by atoms with Crippen LogP contribution in [0.2, 0.25) is 0 Å². The Bertz CT molecular complexity index is 145. The van der Waals surface area contributed by atoms with Gasteiger partial charge < -0.3 is 28.3 Å². The van der Waals surface area contributed by atoms with Crippen molar-refractivity contribution >= 4 is 11.9 Å². The van der Waals surface area contributed by atoms with Crippen molar-refractivity contribution in [2.45, 2.75) is 12.5 Å². The van der Waals surface area contributed by atoms with Gasteiger partial charge in [0.25, 0.3) is 0 Å². The van der Waals surface area contributed by atoms with E-state index >= 15 is 0 Å². The maximum absolute atomic E-state index is 9.85. The van der Waals surface area contributed by atoms with Gasteiger partial charge in [0, 0.05) is 0 Å². The summed E-state index contributed by atoms with van der Waals surface area (Å²) < 4.78 is 0. The molecular weight excluding hydrogens is 197 g/mol. The van der Waals surface area contributed by atoms with Crippen LogP contribution in [0.5, 0.6) is 0 Å². The largest absolute Gasteiger partial charge is 1.00 e. The molecule has 0 aromatic heterocycles. The average Bonchev–Trinajstić information content (AvgIpc) is 1.63. The van der Waals surface area contributed by atoms with Crippen LogP contribution in [-0.4, -0.2) is 39.1 Å². The number of hydrogen-bond acceptors (Lipinski definition) is 3. The molecular formula is C4H12KNO6. The first-order valence-electron chi connectivity index (χ1n) is 2.24. The van der Waals surface area contributed by atoms with E-state index in [9.17, 15) is 9.59 Å². The summed E-state index contributed by atoms with van der Waals surface area (Å²) in [7, 11) is 0. The Morgan fingerprint density at radius 2 is 1.67 bits per heavy atom. The molecule has 0 saturated heterocycles. The number of hydrogen-bond donors (Lipinski definition) is 3. The molecule has 0 radical (unpaired) electrons. The van der Waals surface area contributed by atoms with Gasteiger partial charge in [-0.25, -0.2) is 0 Å². The smallest absolute Gasteiger partial charge is 1.00 e. The zero-order valence-electron chi connectivity index (χ0n) is 7.57. The molecule has 0 aromatic carbocycles. The molecule has 0 aromatic rings. The molecule has 12 heavy (non-hydrogen) atoms. The molecule has 0 bridgehead atoms. The number of carboxylic acids is 2. The first-order chi connectivity index (χ1) is 4.04. The molecule has 70 valence electrons. The van der Waals surface area contributed by atoms with Crippen molar-refractivity contribution in [2.75, 3.05) is 0 Å². The maximum atomic E-state index is 9.85. The second kappa shape index (κ2) is 11.5. The van der Waals surface area contributed by atoms with Gasteiger partial charge in [0.15, 0.2) is 0 Å². The fraction of sp³-hybridized carbons (Fsp3) is 0.500. The van der Waals surface area contributed by atoms with Crippen LogP contribution in [0.4, 0.5) is 0 Å². The third-order valence-electron chi connectivity index (χ3n) is 0.712. The molecule has 0 aliphatic rings. The van der Waals surface area contributed by atoms with E-state index in [1.54, 1.807) is 0 Å². The minimum Gasteiger partial charge on any atom is -1.00 e. The molecule has 0 heterocycles. The maximum Gasteiger partial charge on any atom is 1.00 e. The SMILES string of the molecule is NC(CC(=O)O)C(=O)O.O.O.[H-].[K+]. The number of aliphatic carboxylic acids is 2. The van der Waals surface area contributed by atoms with Gasteiger partial charge in [-0.05, 0) is 0 Å². The van der Waals surface area contributed by atoms with Crippen LogP contribution in [0, 0.1) is 0 Å². The van der Waals surface area contributed by atoms with E-state index < -0.39 is 24.4 Å². The molecule has 0 aliphatic carbocycles.